The van der Waals surface area contributed by atoms with Gasteiger partial charge in [0.2, 0.25) is 11.7 Å². The van der Waals surface area contributed by atoms with Crippen LogP contribution in [0, 0.1) is 6.92 Å². The summed E-state index contributed by atoms with van der Waals surface area (Å²) in [5, 5.41) is 11.4. The first-order valence-corrected chi connectivity index (χ1v) is 13.2. The van der Waals surface area contributed by atoms with Crippen LogP contribution in [0.15, 0.2) is 58.0 Å². The summed E-state index contributed by atoms with van der Waals surface area (Å²) in [5.41, 5.74) is 5.85. The van der Waals surface area contributed by atoms with E-state index in [1.807, 2.05) is 51.5 Å². The van der Waals surface area contributed by atoms with Crippen molar-refractivity contribution < 1.29 is 14.1 Å². The van der Waals surface area contributed by atoms with Gasteiger partial charge in [0.1, 0.15) is 5.75 Å². The van der Waals surface area contributed by atoms with Crippen molar-refractivity contribution in [1.82, 2.24) is 35.0 Å². The first kappa shape index (κ1) is 28.1. The zero-order valence-electron chi connectivity index (χ0n) is 24.0. The van der Waals surface area contributed by atoms with Gasteiger partial charge in [-0.05, 0) is 76.2 Å². The fraction of sp³-hybridized carbons (Fsp3) is 0.448. The van der Waals surface area contributed by atoms with E-state index >= 15 is 0 Å². The molecule has 0 saturated carbocycles. The molecule has 1 aliphatic rings. The summed E-state index contributed by atoms with van der Waals surface area (Å²) in [6.07, 6.45) is 7.62. The van der Waals surface area contributed by atoms with Crippen LogP contribution in [0.5, 0.6) is 5.75 Å². The first-order valence-electron chi connectivity index (χ1n) is 13.2. The molecule has 39 heavy (non-hydrogen) atoms. The predicted octanol–water partition coefficient (Wildman–Crippen LogP) is 4.02. The van der Waals surface area contributed by atoms with Crippen LogP contribution in [0.1, 0.15) is 50.0 Å². The van der Waals surface area contributed by atoms with Crippen LogP contribution in [0.4, 0.5) is 0 Å². The number of rotatable bonds is 11. The average molecular weight is 534 g/mol. The van der Waals surface area contributed by atoms with Crippen LogP contribution in [0.2, 0.25) is 0 Å². The van der Waals surface area contributed by atoms with Gasteiger partial charge in [-0.25, -0.2) is 0 Å². The van der Waals surface area contributed by atoms with E-state index in [0.717, 1.165) is 53.8 Å². The Kier molecular flexibility index (Phi) is 8.86. The van der Waals surface area contributed by atoms with Gasteiger partial charge < -0.3 is 24.4 Å². The molecule has 1 unspecified atom stereocenters. The Morgan fingerprint density at radius 1 is 1.15 bits per heavy atom. The lowest BCUT2D eigenvalue weighted by Crippen LogP contribution is -2.31. The van der Waals surface area contributed by atoms with Crippen LogP contribution < -0.4 is 10.1 Å². The molecule has 0 spiro atoms. The van der Waals surface area contributed by atoms with Gasteiger partial charge in [0.25, 0.3) is 5.91 Å². The smallest absolute Gasteiger partial charge is 0.251 e. The number of benzene rings is 1. The highest BCUT2D eigenvalue weighted by Gasteiger charge is 2.21. The minimum atomic E-state index is -0.255. The molecule has 1 aliphatic carbocycles. The van der Waals surface area contributed by atoms with E-state index in [1.54, 1.807) is 11.6 Å². The van der Waals surface area contributed by atoms with Crippen LogP contribution in [0.25, 0.3) is 11.1 Å². The number of carbonyl (C=O) groups is 1. The van der Waals surface area contributed by atoms with E-state index in [1.165, 1.54) is 5.70 Å². The van der Waals surface area contributed by atoms with Gasteiger partial charge >= 0.3 is 0 Å². The van der Waals surface area contributed by atoms with Gasteiger partial charge in [0.15, 0.2) is 6.61 Å². The van der Waals surface area contributed by atoms with E-state index in [0.29, 0.717) is 17.5 Å². The van der Waals surface area contributed by atoms with E-state index < -0.39 is 0 Å². The average Bonchev–Trinajstić information content (AvgIpc) is 3.53. The van der Waals surface area contributed by atoms with Crippen LogP contribution in [-0.2, 0) is 18.4 Å². The number of carbonyl (C=O) groups excluding carboxylic acids is 1. The summed E-state index contributed by atoms with van der Waals surface area (Å²) in [6, 6.07) is 5.70. The lowest BCUT2D eigenvalue weighted by molar-refractivity contribution is -0.117. The number of amides is 1. The minimum absolute atomic E-state index is 0.0743. The Balaban J connectivity index is 1.54. The second-order valence-corrected chi connectivity index (χ2v) is 10.5. The maximum absolute atomic E-state index is 13.5. The SMILES string of the molecule is CC1=C(C(=O)NC(C)c2cc(OCc3noc(C)n3)cc(-c3cnn(C)c3)c2)C=C(N(C)CCN(C)C)CC1. The van der Waals surface area contributed by atoms with E-state index in [4.69, 9.17) is 9.26 Å². The summed E-state index contributed by atoms with van der Waals surface area (Å²) < 4.78 is 12.8. The molecule has 1 atom stereocenters. The molecule has 1 amide bonds. The zero-order chi connectivity index (χ0) is 28.1. The lowest BCUT2D eigenvalue weighted by atomic mass is 9.94. The summed E-state index contributed by atoms with van der Waals surface area (Å²) in [7, 11) is 8.11. The van der Waals surface area contributed by atoms with Crippen molar-refractivity contribution in [3.63, 3.8) is 0 Å². The van der Waals surface area contributed by atoms with Gasteiger partial charge in [-0.3, -0.25) is 9.48 Å². The molecule has 10 nitrogen and oxygen atoms in total. The fourth-order valence-corrected chi connectivity index (χ4v) is 4.46. The Morgan fingerprint density at radius 3 is 2.62 bits per heavy atom. The first-order chi connectivity index (χ1) is 18.6. The Hall–Kier alpha value is -3.92. The number of likely N-dealkylation sites (N-methyl/N-ethyl adjacent to an activating group) is 2. The van der Waals surface area contributed by atoms with Crippen molar-refractivity contribution in [2.45, 2.75) is 46.3 Å². The topological polar surface area (TPSA) is 102 Å². The van der Waals surface area contributed by atoms with E-state index in [-0.39, 0.29) is 18.6 Å². The third-order valence-corrected chi connectivity index (χ3v) is 6.90. The monoisotopic (exact) mass is 533 g/mol. The number of nitrogens with one attached hydrogen (secondary N) is 1. The molecular formula is C29H39N7O3. The number of allylic oxidation sites excluding steroid dienone is 2. The molecule has 0 aliphatic heterocycles. The number of hydrogen-bond donors (Lipinski definition) is 1. The van der Waals surface area contributed by atoms with Crippen molar-refractivity contribution in [3.05, 3.63) is 70.8 Å². The highest BCUT2D eigenvalue weighted by molar-refractivity contribution is 5.97. The third kappa shape index (κ3) is 7.35. The molecule has 0 fully saturated rings. The number of nitrogens with zero attached hydrogens (tertiary/aromatic N) is 6. The fourth-order valence-electron chi connectivity index (χ4n) is 4.46. The number of hydrogen-bond acceptors (Lipinski definition) is 8. The Bertz CT molecular complexity index is 1370. The van der Waals surface area contributed by atoms with Gasteiger partial charge in [-0.1, -0.05) is 10.7 Å². The third-order valence-electron chi connectivity index (χ3n) is 6.90. The normalized spacial score (nSPS) is 14.4. The Morgan fingerprint density at radius 2 is 1.95 bits per heavy atom. The molecular weight excluding hydrogens is 494 g/mol. The lowest BCUT2D eigenvalue weighted by Gasteiger charge is -2.28. The molecule has 0 saturated heterocycles. The van der Waals surface area contributed by atoms with Crippen LogP contribution in [0.3, 0.4) is 0 Å². The highest BCUT2D eigenvalue weighted by atomic mass is 16.5. The van der Waals surface area contributed by atoms with Crippen LogP contribution in [-0.4, -0.2) is 69.9 Å². The molecule has 1 N–H and O–H groups in total. The molecule has 4 rings (SSSR count). The molecule has 10 heteroatoms. The molecule has 1 aromatic carbocycles. The summed E-state index contributed by atoms with van der Waals surface area (Å²) in [5.74, 6) is 1.53. The van der Waals surface area contributed by atoms with Gasteiger partial charge in [0, 0.05) is 57.1 Å². The van der Waals surface area contributed by atoms with Crippen molar-refractivity contribution in [1.29, 1.82) is 0 Å². The van der Waals surface area contributed by atoms with Crippen molar-refractivity contribution >= 4 is 5.91 Å². The molecule has 2 aromatic heterocycles. The molecule has 2 heterocycles. The molecule has 0 radical (unpaired) electrons. The second-order valence-electron chi connectivity index (χ2n) is 10.5. The number of ether oxygens (including phenoxy) is 1. The summed E-state index contributed by atoms with van der Waals surface area (Å²) in [6.45, 7) is 7.82. The quantitative estimate of drug-likeness (QED) is 0.394. The standard InChI is InChI=1S/C29H39N7O3/c1-19-8-9-25(35(6)11-10-34(4)5)15-27(19)29(37)31-20(2)22-12-23(24-16-30-36(7)17-24)14-26(13-22)38-18-28-32-21(3)39-33-28/h12-17,20H,8-11,18H2,1-7H3,(H,31,37). The molecule has 208 valence electrons. The van der Waals surface area contributed by atoms with Crippen molar-refractivity contribution in [2.75, 3.05) is 34.2 Å². The highest BCUT2D eigenvalue weighted by Crippen LogP contribution is 2.30. The van der Waals surface area contributed by atoms with Gasteiger partial charge in [0.05, 0.1) is 12.2 Å². The molecule has 0 bridgehead atoms. The van der Waals surface area contributed by atoms with E-state index in [9.17, 15) is 4.79 Å². The zero-order valence-corrected chi connectivity index (χ0v) is 24.0. The van der Waals surface area contributed by atoms with Crippen molar-refractivity contribution in [2.24, 2.45) is 7.05 Å². The second kappa shape index (κ2) is 12.3. The van der Waals surface area contributed by atoms with Crippen LogP contribution >= 0.6 is 0 Å². The maximum Gasteiger partial charge on any atom is 0.251 e. The maximum atomic E-state index is 13.5. The predicted molar refractivity (Wildman–Crippen MR) is 150 cm³/mol. The largest absolute Gasteiger partial charge is 0.485 e. The minimum Gasteiger partial charge on any atom is -0.485 e. The Labute approximate surface area is 230 Å². The molecule has 3 aromatic rings. The van der Waals surface area contributed by atoms with E-state index in [2.05, 4.69) is 57.6 Å². The summed E-state index contributed by atoms with van der Waals surface area (Å²) in [4.78, 5) is 22.1. The number of aryl methyl sites for hydroxylation is 2. The van der Waals surface area contributed by atoms with Gasteiger partial charge in [-0.2, -0.15) is 10.1 Å². The van der Waals surface area contributed by atoms with Gasteiger partial charge in [-0.15, -0.1) is 0 Å². The number of aromatic nitrogens is 4. The van der Waals surface area contributed by atoms with Crippen molar-refractivity contribution in [3.8, 4) is 16.9 Å². The summed E-state index contributed by atoms with van der Waals surface area (Å²) >= 11 is 0.